The van der Waals surface area contributed by atoms with Gasteiger partial charge in [-0.05, 0) is 23.8 Å². The van der Waals surface area contributed by atoms with E-state index in [1.165, 1.54) is 7.11 Å². The highest BCUT2D eigenvalue weighted by Gasteiger charge is 2.09. The summed E-state index contributed by atoms with van der Waals surface area (Å²) >= 11 is 0. The monoisotopic (exact) mass is 267 g/mol. The predicted molar refractivity (Wildman–Crippen MR) is 81.4 cm³/mol. The molecule has 0 heterocycles. The average molecular weight is 267 g/mol. The first-order chi connectivity index (χ1) is 9.79. The maximum absolute atomic E-state index is 11.8. The van der Waals surface area contributed by atoms with Gasteiger partial charge < -0.3 is 10.1 Å². The summed E-state index contributed by atoms with van der Waals surface area (Å²) in [5, 5.41) is 3.21. The van der Waals surface area contributed by atoms with Crippen LogP contribution < -0.4 is 5.32 Å². The van der Waals surface area contributed by atoms with Crippen LogP contribution in [0.1, 0.15) is 5.56 Å². The highest BCUT2D eigenvalue weighted by molar-refractivity contribution is 5.94. The Kier molecular flexibility index (Phi) is 4.95. The quantitative estimate of drug-likeness (QED) is 0.667. The van der Waals surface area contributed by atoms with Crippen molar-refractivity contribution in [3.8, 4) is 0 Å². The van der Waals surface area contributed by atoms with E-state index in [4.69, 9.17) is 4.74 Å². The van der Waals surface area contributed by atoms with Gasteiger partial charge >= 0.3 is 5.97 Å². The van der Waals surface area contributed by atoms with E-state index in [0.717, 1.165) is 11.3 Å². The van der Waals surface area contributed by atoms with Gasteiger partial charge in [0, 0.05) is 12.2 Å². The van der Waals surface area contributed by atoms with E-state index in [0.29, 0.717) is 12.1 Å². The fraction of sp³-hybridized carbons (Fsp3) is 0.118. The van der Waals surface area contributed by atoms with Crippen molar-refractivity contribution >= 4 is 17.7 Å². The predicted octanol–water partition coefficient (Wildman–Crippen LogP) is 3.36. The van der Waals surface area contributed by atoms with Gasteiger partial charge in [0.15, 0.2) is 0 Å². The Morgan fingerprint density at radius 1 is 1.05 bits per heavy atom. The first-order valence-corrected chi connectivity index (χ1v) is 6.42. The molecule has 2 aromatic carbocycles. The number of carbonyl (C=O) groups is 1. The highest BCUT2D eigenvalue weighted by Crippen LogP contribution is 2.11. The zero-order chi connectivity index (χ0) is 14.2. The molecule has 0 amide bonds. The molecule has 0 aliphatic rings. The van der Waals surface area contributed by atoms with Crippen molar-refractivity contribution in [3.63, 3.8) is 0 Å². The minimum absolute atomic E-state index is 0.322. The van der Waals surface area contributed by atoms with Gasteiger partial charge in [-0.2, -0.15) is 0 Å². The second-order valence-corrected chi connectivity index (χ2v) is 4.29. The molecule has 0 atom stereocenters. The lowest BCUT2D eigenvalue weighted by atomic mass is 10.1. The largest absolute Gasteiger partial charge is 0.466 e. The van der Waals surface area contributed by atoms with Gasteiger partial charge in [-0.25, -0.2) is 4.79 Å². The van der Waals surface area contributed by atoms with Gasteiger partial charge in [0.05, 0.1) is 12.7 Å². The number of benzene rings is 2. The maximum atomic E-state index is 11.8. The summed E-state index contributed by atoms with van der Waals surface area (Å²) in [7, 11) is 1.39. The summed E-state index contributed by atoms with van der Waals surface area (Å²) in [5.41, 5.74) is 2.53. The second kappa shape index (κ2) is 7.14. The lowest BCUT2D eigenvalue weighted by Crippen LogP contribution is -2.14. The van der Waals surface area contributed by atoms with Gasteiger partial charge in [-0.15, -0.1) is 0 Å². The molecule has 1 N–H and O–H groups in total. The molecule has 20 heavy (non-hydrogen) atoms. The second-order valence-electron chi connectivity index (χ2n) is 4.29. The van der Waals surface area contributed by atoms with Crippen molar-refractivity contribution in [3.05, 3.63) is 71.8 Å². The van der Waals surface area contributed by atoms with Gasteiger partial charge in [0.2, 0.25) is 0 Å². The molecule has 0 aliphatic heterocycles. The smallest absolute Gasteiger partial charge is 0.335 e. The lowest BCUT2D eigenvalue weighted by Gasteiger charge is -2.09. The van der Waals surface area contributed by atoms with Crippen LogP contribution in [0, 0.1) is 0 Å². The number of para-hydroxylation sites is 1. The van der Waals surface area contributed by atoms with E-state index in [1.54, 1.807) is 0 Å². The minimum atomic E-state index is -0.322. The molecule has 0 fully saturated rings. The zero-order valence-corrected chi connectivity index (χ0v) is 11.4. The molecule has 0 radical (unpaired) electrons. The van der Waals surface area contributed by atoms with Crippen molar-refractivity contribution < 1.29 is 9.53 Å². The first-order valence-electron chi connectivity index (χ1n) is 6.42. The Labute approximate surface area is 118 Å². The van der Waals surface area contributed by atoms with Gasteiger partial charge in [-0.3, -0.25) is 0 Å². The fourth-order valence-electron chi connectivity index (χ4n) is 1.82. The van der Waals surface area contributed by atoms with Crippen LogP contribution in [0.15, 0.2) is 66.2 Å². The lowest BCUT2D eigenvalue weighted by molar-refractivity contribution is -0.135. The van der Waals surface area contributed by atoms with Crippen LogP contribution in [0.2, 0.25) is 0 Å². The molecular formula is C17H17NO2. The van der Waals surface area contributed by atoms with Crippen molar-refractivity contribution in [2.75, 3.05) is 19.0 Å². The SMILES string of the molecule is COC(=O)/C(=C/c1ccccc1)CNc1ccccc1. The number of methoxy groups -OCH3 is 1. The molecule has 0 bridgehead atoms. The summed E-state index contributed by atoms with van der Waals surface area (Å²) in [5.74, 6) is -0.322. The molecule has 0 spiro atoms. The number of carbonyl (C=O) groups excluding carboxylic acids is 1. The molecular weight excluding hydrogens is 250 g/mol. The number of anilines is 1. The zero-order valence-electron chi connectivity index (χ0n) is 11.4. The molecule has 2 aromatic rings. The Balaban J connectivity index is 2.12. The highest BCUT2D eigenvalue weighted by atomic mass is 16.5. The third kappa shape index (κ3) is 3.99. The number of esters is 1. The summed E-state index contributed by atoms with van der Waals surface area (Å²) in [6, 6.07) is 19.5. The Bertz CT molecular complexity index is 576. The number of nitrogens with one attached hydrogen (secondary N) is 1. The fourth-order valence-corrected chi connectivity index (χ4v) is 1.82. The van der Waals surface area contributed by atoms with Crippen LogP contribution in [0.3, 0.4) is 0 Å². The molecule has 102 valence electrons. The Morgan fingerprint density at radius 3 is 2.25 bits per heavy atom. The first kappa shape index (κ1) is 13.9. The minimum Gasteiger partial charge on any atom is -0.466 e. The van der Waals surface area contributed by atoms with Crippen molar-refractivity contribution in [2.24, 2.45) is 0 Å². The van der Waals surface area contributed by atoms with Crippen molar-refractivity contribution in [1.29, 1.82) is 0 Å². The molecule has 0 aliphatic carbocycles. The topological polar surface area (TPSA) is 38.3 Å². The number of hydrogen-bond acceptors (Lipinski definition) is 3. The summed E-state index contributed by atoms with van der Waals surface area (Å²) in [4.78, 5) is 11.8. The van der Waals surface area contributed by atoms with Crippen LogP contribution in [-0.2, 0) is 9.53 Å². The van der Waals surface area contributed by atoms with Crippen molar-refractivity contribution in [1.82, 2.24) is 0 Å². The molecule has 0 aromatic heterocycles. The molecule has 2 rings (SSSR count). The van der Waals surface area contributed by atoms with Gasteiger partial charge in [-0.1, -0.05) is 48.5 Å². The van der Waals surface area contributed by atoms with Crippen LogP contribution in [-0.4, -0.2) is 19.6 Å². The van der Waals surface area contributed by atoms with Gasteiger partial charge in [0.25, 0.3) is 0 Å². The van der Waals surface area contributed by atoms with E-state index in [9.17, 15) is 4.79 Å². The number of ether oxygens (including phenoxy) is 1. The normalized spacial score (nSPS) is 10.9. The third-order valence-corrected chi connectivity index (χ3v) is 2.84. The van der Waals surface area contributed by atoms with Crippen LogP contribution in [0.5, 0.6) is 0 Å². The third-order valence-electron chi connectivity index (χ3n) is 2.84. The van der Waals surface area contributed by atoms with E-state index in [2.05, 4.69) is 5.32 Å². The molecule has 3 heteroatoms. The van der Waals surface area contributed by atoms with Crippen LogP contribution >= 0.6 is 0 Å². The summed E-state index contributed by atoms with van der Waals surface area (Å²) < 4.78 is 4.83. The standard InChI is InChI=1S/C17H17NO2/c1-20-17(19)15(12-14-8-4-2-5-9-14)13-18-16-10-6-3-7-11-16/h2-12,18H,13H2,1H3/b15-12+. The van der Waals surface area contributed by atoms with E-state index in [1.807, 2.05) is 66.7 Å². The summed E-state index contributed by atoms with van der Waals surface area (Å²) in [6.07, 6.45) is 1.84. The van der Waals surface area contributed by atoms with E-state index < -0.39 is 0 Å². The van der Waals surface area contributed by atoms with Gasteiger partial charge in [0.1, 0.15) is 0 Å². The average Bonchev–Trinajstić information content (AvgIpc) is 2.52. The number of rotatable bonds is 5. The van der Waals surface area contributed by atoms with E-state index in [-0.39, 0.29) is 5.97 Å². The van der Waals surface area contributed by atoms with E-state index >= 15 is 0 Å². The summed E-state index contributed by atoms with van der Waals surface area (Å²) in [6.45, 7) is 0.422. The molecule has 3 nitrogen and oxygen atoms in total. The molecule has 0 saturated heterocycles. The molecule has 0 saturated carbocycles. The van der Waals surface area contributed by atoms with Crippen LogP contribution in [0.25, 0.3) is 6.08 Å². The van der Waals surface area contributed by atoms with Crippen molar-refractivity contribution in [2.45, 2.75) is 0 Å². The number of hydrogen-bond donors (Lipinski definition) is 1. The Morgan fingerprint density at radius 2 is 1.65 bits per heavy atom. The molecule has 0 unspecified atom stereocenters. The van der Waals surface area contributed by atoms with Crippen LogP contribution in [0.4, 0.5) is 5.69 Å². The Hall–Kier alpha value is -2.55. The maximum Gasteiger partial charge on any atom is 0.335 e.